The fourth-order valence-corrected chi connectivity index (χ4v) is 3.12. The molecule has 1 amide bonds. The standard InChI is InChI=1S/C19H15ClF4N4O2/c1-28-18(19(22,23)24)16(17(27-28)12-4-3-11(20)8-13(12)21)10-5-6-25-14(7-10)26-15(29)9-30-2/h3-8H,9H2,1-2H3,(H,25,26,29). The highest BCUT2D eigenvalue weighted by Crippen LogP contribution is 2.43. The predicted octanol–water partition coefficient (Wildman–Crippen LogP) is 4.55. The number of amides is 1. The number of methoxy groups -OCH3 is 1. The van der Waals surface area contributed by atoms with Crippen LogP contribution in [0.2, 0.25) is 5.02 Å². The lowest BCUT2D eigenvalue weighted by Crippen LogP contribution is -2.18. The average Bonchev–Trinajstić information content (AvgIpc) is 2.99. The Morgan fingerprint density at radius 2 is 2.00 bits per heavy atom. The first-order chi connectivity index (χ1) is 14.1. The van der Waals surface area contributed by atoms with Crippen molar-refractivity contribution >= 4 is 23.3 Å². The third-order valence-corrected chi connectivity index (χ3v) is 4.33. The molecule has 30 heavy (non-hydrogen) atoms. The number of pyridine rings is 1. The topological polar surface area (TPSA) is 69.0 Å². The second-order valence-corrected chi connectivity index (χ2v) is 6.67. The van der Waals surface area contributed by atoms with E-state index in [9.17, 15) is 22.4 Å². The van der Waals surface area contributed by atoms with E-state index in [0.717, 1.165) is 13.1 Å². The monoisotopic (exact) mass is 442 g/mol. The lowest BCUT2D eigenvalue weighted by atomic mass is 9.99. The third-order valence-electron chi connectivity index (χ3n) is 4.09. The maximum Gasteiger partial charge on any atom is 0.433 e. The van der Waals surface area contributed by atoms with E-state index >= 15 is 0 Å². The number of carbonyl (C=O) groups is 1. The molecule has 0 unspecified atom stereocenters. The third kappa shape index (κ3) is 4.44. The molecule has 0 saturated heterocycles. The zero-order valence-electron chi connectivity index (χ0n) is 15.7. The first kappa shape index (κ1) is 21.7. The Balaban J connectivity index is 2.21. The zero-order chi connectivity index (χ0) is 22.1. The normalized spacial score (nSPS) is 11.6. The van der Waals surface area contributed by atoms with Gasteiger partial charge in [-0.3, -0.25) is 9.48 Å². The van der Waals surface area contributed by atoms with Crippen molar-refractivity contribution in [2.75, 3.05) is 19.0 Å². The average molecular weight is 443 g/mol. The van der Waals surface area contributed by atoms with Gasteiger partial charge in [-0.25, -0.2) is 9.37 Å². The van der Waals surface area contributed by atoms with Crippen molar-refractivity contribution in [1.29, 1.82) is 0 Å². The molecular weight excluding hydrogens is 428 g/mol. The van der Waals surface area contributed by atoms with Crippen molar-refractivity contribution in [2.24, 2.45) is 7.05 Å². The van der Waals surface area contributed by atoms with E-state index in [0.29, 0.717) is 4.68 Å². The van der Waals surface area contributed by atoms with Gasteiger partial charge in [0.1, 0.15) is 23.9 Å². The minimum absolute atomic E-state index is 0.00838. The maximum atomic E-state index is 14.5. The van der Waals surface area contributed by atoms with Crippen LogP contribution >= 0.6 is 11.6 Å². The predicted molar refractivity (Wildman–Crippen MR) is 102 cm³/mol. The quantitative estimate of drug-likeness (QED) is 0.589. The zero-order valence-corrected chi connectivity index (χ0v) is 16.5. The highest BCUT2D eigenvalue weighted by atomic mass is 35.5. The number of aryl methyl sites for hydroxylation is 1. The van der Waals surface area contributed by atoms with E-state index in [1.807, 2.05) is 0 Å². The van der Waals surface area contributed by atoms with Crippen molar-refractivity contribution < 1.29 is 27.1 Å². The van der Waals surface area contributed by atoms with Crippen LogP contribution in [0.15, 0.2) is 36.5 Å². The van der Waals surface area contributed by atoms with Gasteiger partial charge < -0.3 is 10.1 Å². The molecule has 0 atom stereocenters. The molecule has 0 saturated carbocycles. The summed E-state index contributed by atoms with van der Waals surface area (Å²) in [6, 6.07) is 6.17. The van der Waals surface area contributed by atoms with Crippen LogP contribution in [0.5, 0.6) is 0 Å². The van der Waals surface area contributed by atoms with Crippen LogP contribution in [0.25, 0.3) is 22.4 Å². The molecule has 0 fully saturated rings. The van der Waals surface area contributed by atoms with Gasteiger partial charge in [-0.2, -0.15) is 18.3 Å². The number of nitrogens with zero attached hydrogens (tertiary/aromatic N) is 3. The number of ether oxygens (including phenoxy) is 1. The molecule has 3 aromatic rings. The lowest BCUT2D eigenvalue weighted by Gasteiger charge is -2.12. The lowest BCUT2D eigenvalue weighted by molar-refractivity contribution is -0.143. The first-order valence-corrected chi connectivity index (χ1v) is 8.84. The Morgan fingerprint density at radius 3 is 2.63 bits per heavy atom. The summed E-state index contributed by atoms with van der Waals surface area (Å²) in [6.07, 6.45) is -3.55. The number of rotatable bonds is 5. The van der Waals surface area contributed by atoms with Gasteiger partial charge in [-0.1, -0.05) is 11.6 Å². The van der Waals surface area contributed by atoms with E-state index in [1.54, 1.807) is 0 Å². The summed E-state index contributed by atoms with van der Waals surface area (Å²) in [5.41, 5.74) is -1.76. The second-order valence-electron chi connectivity index (χ2n) is 6.23. The molecule has 1 N–H and O–H groups in total. The Labute approximate surface area is 173 Å². The number of carbonyl (C=O) groups excluding carboxylic acids is 1. The van der Waals surface area contributed by atoms with Gasteiger partial charge in [0.05, 0.1) is 0 Å². The van der Waals surface area contributed by atoms with Crippen LogP contribution in [-0.4, -0.2) is 34.4 Å². The Bertz CT molecular complexity index is 1100. The Kier molecular flexibility index (Phi) is 6.09. The van der Waals surface area contributed by atoms with Gasteiger partial charge in [0.2, 0.25) is 0 Å². The largest absolute Gasteiger partial charge is 0.433 e. The van der Waals surface area contributed by atoms with E-state index in [-0.39, 0.29) is 39.8 Å². The van der Waals surface area contributed by atoms with Crippen molar-refractivity contribution in [3.05, 3.63) is 53.1 Å². The van der Waals surface area contributed by atoms with Crippen LogP contribution < -0.4 is 5.32 Å². The van der Waals surface area contributed by atoms with Crippen LogP contribution in [0.4, 0.5) is 23.4 Å². The van der Waals surface area contributed by atoms with E-state index in [4.69, 9.17) is 16.3 Å². The molecule has 0 spiro atoms. The van der Waals surface area contributed by atoms with Gasteiger partial charge in [0.25, 0.3) is 5.91 Å². The number of aromatic nitrogens is 3. The van der Waals surface area contributed by atoms with Gasteiger partial charge >= 0.3 is 6.18 Å². The number of anilines is 1. The summed E-state index contributed by atoms with van der Waals surface area (Å²) in [5.74, 6) is -1.35. The fraction of sp³-hybridized carbons (Fsp3) is 0.211. The Morgan fingerprint density at radius 1 is 1.27 bits per heavy atom. The molecule has 0 bridgehead atoms. The van der Waals surface area contributed by atoms with Gasteiger partial charge in [0.15, 0.2) is 5.69 Å². The summed E-state index contributed by atoms with van der Waals surface area (Å²) in [5, 5.41) is 6.44. The maximum absolute atomic E-state index is 14.5. The van der Waals surface area contributed by atoms with E-state index in [2.05, 4.69) is 15.4 Å². The molecule has 2 heterocycles. The summed E-state index contributed by atoms with van der Waals surface area (Å²) in [4.78, 5) is 15.7. The number of nitrogens with one attached hydrogen (secondary N) is 1. The summed E-state index contributed by atoms with van der Waals surface area (Å²) in [6.45, 7) is -0.256. The molecule has 3 rings (SSSR count). The van der Waals surface area contributed by atoms with E-state index in [1.165, 1.54) is 37.6 Å². The summed E-state index contributed by atoms with van der Waals surface area (Å²) in [7, 11) is 2.44. The smallest absolute Gasteiger partial charge is 0.375 e. The minimum atomic E-state index is -4.78. The molecule has 2 aromatic heterocycles. The molecule has 6 nitrogen and oxygen atoms in total. The van der Waals surface area contributed by atoms with E-state index < -0.39 is 23.6 Å². The highest BCUT2D eigenvalue weighted by Gasteiger charge is 2.40. The van der Waals surface area contributed by atoms with Gasteiger partial charge in [-0.15, -0.1) is 0 Å². The van der Waals surface area contributed by atoms with Crippen LogP contribution in [-0.2, 0) is 22.8 Å². The number of alkyl halides is 3. The second kappa shape index (κ2) is 8.41. The molecule has 1 aromatic carbocycles. The fourth-order valence-electron chi connectivity index (χ4n) is 2.96. The van der Waals surface area contributed by atoms with Crippen molar-refractivity contribution in [3.63, 3.8) is 0 Å². The van der Waals surface area contributed by atoms with Crippen LogP contribution in [0.3, 0.4) is 0 Å². The van der Waals surface area contributed by atoms with Gasteiger partial charge in [0, 0.05) is 36.5 Å². The number of benzene rings is 1. The Hall–Kier alpha value is -2.98. The van der Waals surface area contributed by atoms with Crippen molar-refractivity contribution in [2.45, 2.75) is 6.18 Å². The molecule has 0 aliphatic carbocycles. The molecular formula is C19H15ClF4N4O2. The molecule has 0 aliphatic rings. The van der Waals surface area contributed by atoms with Gasteiger partial charge in [-0.05, 0) is 35.9 Å². The summed E-state index contributed by atoms with van der Waals surface area (Å²) >= 11 is 5.76. The minimum Gasteiger partial charge on any atom is -0.375 e. The van der Waals surface area contributed by atoms with Crippen molar-refractivity contribution in [1.82, 2.24) is 14.8 Å². The highest BCUT2D eigenvalue weighted by molar-refractivity contribution is 6.30. The molecule has 0 aliphatic heterocycles. The first-order valence-electron chi connectivity index (χ1n) is 8.46. The number of hydrogen-bond donors (Lipinski definition) is 1. The van der Waals surface area contributed by atoms with Crippen molar-refractivity contribution in [3.8, 4) is 22.4 Å². The van der Waals surface area contributed by atoms with Crippen LogP contribution in [0.1, 0.15) is 5.69 Å². The summed E-state index contributed by atoms with van der Waals surface area (Å²) < 4.78 is 61.3. The molecule has 158 valence electrons. The molecule has 0 radical (unpaired) electrons. The van der Waals surface area contributed by atoms with Crippen LogP contribution in [0, 0.1) is 5.82 Å². The SMILES string of the molecule is COCC(=O)Nc1cc(-c2c(-c3ccc(Cl)cc3F)nn(C)c2C(F)(F)F)ccn1. The number of hydrogen-bond acceptors (Lipinski definition) is 4. The number of halogens is 5. The molecule has 11 heteroatoms.